The maximum Gasteiger partial charge on any atom is 0.266 e. The van der Waals surface area contributed by atoms with Crippen molar-refractivity contribution in [3.63, 3.8) is 0 Å². The van der Waals surface area contributed by atoms with Crippen LogP contribution in [0.15, 0.2) is 112 Å². The van der Waals surface area contributed by atoms with E-state index in [0.717, 1.165) is 10.0 Å². The van der Waals surface area contributed by atoms with Crippen molar-refractivity contribution in [2.75, 3.05) is 13.2 Å². The summed E-state index contributed by atoms with van der Waals surface area (Å²) in [6, 6.07) is 27.5. The van der Waals surface area contributed by atoms with Gasteiger partial charge >= 0.3 is 0 Å². The van der Waals surface area contributed by atoms with Gasteiger partial charge in [0, 0.05) is 52.2 Å². The molecule has 0 saturated carbocycles. The van der Waals surface area contributed by atoms with Crippen LogP contribution in [0.2, 0.25) is 0 Å². The molecular formula is C33H30BrFN6O4. The van der Waals surface area contributed by atoms with Crippen LogP contribution in [-0.2, 0) is 22.5 Å². The van der Waals surface area contributed by atoms with E-state index in [1.165, 1.54) is 12.1 Å². The number of rotatable bonds is 13. The number of aliphatic hydroxyl groups is 1. The lowest BCUT2D eigenvalue weighted by atomic mass is 9.81. The fraction of sp³-hybridized carbons (Fsp3) is 0.212. The number of aliphatic imine (C=N–C) groups is 1. The van der Waals surface area contributed by atoms with E-state index in [2.05, 4.69) is 36.8 Å². The molecule has 12 heteroatoms. The molecule has 4 aromatic carbocycles. The number of ether oxygens (including phenoxy) is 2. The van der Waals surface area contributed by atoms with Crippen LogP contribution in [0.3, 0.4) is 0 Å². The second-order valence-corrected chi connectivity index (χ2v) is 11.1. The largest absolute Gasteiger partial charge is 0.494 e. The van der Waals surface area contributed by atoms with E-state index in [9.17, 15) is 14.7 Å². The van der Waals surface area contributed by atoms with Crippen LogP contribution < -0.4 is 15.6 Å². The zero-order valence-corrected chi connectivity index (χ0v) is 25.7. The first-order valence-electron chi connectivity index (χ1n) is 14.2. The Labute approximate surface area is 267 Å². The monoisotopic (exact) mass is 672 g/mol. The third-order valence-corrected chi connectivity index (χ3v) is 7.98. The predicted octanol–water partition coefficient (Wildman–Crippen LogP) is 6.61. The molecule has 5 rings (SSSR count). The molecule has 0 bridgehead atoms. The Morgan fingerprint density at radius 3 is 2.62 bits per heavy atom. The van der Waals surface area contributed by atoms with Gasteiger partial charge in [0.25, 0.3) is 5.91 Å². The molecule has 0 radical (unpaired) electrons. The average molecular weight is 674 g/mol. The van der Waals surface area contributed by atoms with E-state index >= 15 is 0 Å². The zero-order valence-electron chi connectivity index (χ0n) is 24.1. The lowest BCUT2D eigenvalue weighted by Gasteiger charge is -2.31. The van der Waals surface area contributed by atoms with E-state index in [1.807, 2.05) is 24.3 Å². The van der Waals surface area contributed by atoms with Crippen molar-refractivity contribution in [3.8, 4) is 5.75 Å². The maximum absolute atomic E-state index is 14.4. The Morgan fingerprint density at radius 1 is 1.09 bits per heavy atom. The standard InChI is InChI=1S/C33H30BrFN6O4/c34-28-11-3-1-8-24(28)20-33(32(43)40-37-21-22-7-5-9-25(35)19-22)30(27-10-2-4-12-29(27)39-41-36)45-31(38-33)23-13-15-26(16-14-23)44-18-6-17-42/h1-5,7-16,19,30,37,42H,6,17-18,20-21H2,(H,40,43)/t30-,33-/m0/s1. The number of amides is 1. The van der Waals surface area contributed by atoms with E-state index in [4.69, 9.17) is 19.6 Å². The summed E-state index contributed by atoms with van der Waals surface area (Å²) in [6.07, 6.45) is -0.384. The van der Waals surface area contributed by atoms with Crippen molar-refractivity contribution in [2.45, 2.75) is 31.0 Å². The van der Waals surface area contributed by atoms with Gasteiger partial charge in [-0.25, -0.2) is 14.8 Å². The molecule has 10 nitrogen and oxygen atoms in total. The smallest absolute Gasteiger partial charge is 0.266 e. The lowest BCUT2D eigenvalue weighted by Crippen LogP contribution is -2.53. The molecule has 0 fully saturated rings. The number of azide groups is 1. The van der Waals surface area contributed by atoms with Gasteiger partial charge in [0.1, 0.15) is 11.6 Å². The van der Waals surface area contributed by atoms with E-state index in [1.54, 1.807) is 60.7 Å². The third-order valence-electron chi connectivity index (χ3n) is 7.20. The van der Waals surface area contributed by atoms with E-state index in [-0.39, 0.29) is 31.3 Å². The molecule has 2 atom stereocenters. The maximum atomic E-state index is 14.4. The molecule has 1 aliphatic heterocycles. The molecule has 230 valence electrons. The predicted molar refractivity (Wildman–Crippen MR) is 171 cm³/mol. The highest BCUT2D eigenvalue weighted by atomic mass is 79.9. The van der Waals surface area contributed by atoms with Gasteiger partial charge < -0.3 is 14.6 Å². The van der Waals surface area contributed by atoms with Gasteiger partial charge in [0.05, 0.1) is 6.61 Å². The summed E-state index contributed by atoms with van der Waals surface area (Å²) >= 11 is 3.61. The first-order valence-corrected chi connectivity index (χ1v) is 15.0. The lowest BCUT2D eigenvalue weighted by molar-refractivity contribution is -0.130. The summed E-state index contributed by atoms with van der Waals surface area (Å²) < 4.78 is 26.8. The molecular weight excluding hydrogens is 643 g/mol. The number of carbonyl (C=O) groups excluding carboxylic acids is 1. The number of hydrogen-bond acceptors (Lipinski definition) is 7. The minimum Gasteiger partial charge on any atom is -0.494 e. The Morgan fingerprint density at radius 2 is 1.87 bits per heavy atom. The SMILES string of the molecule is [N-]=[N+]=Nc1ccccc1[C@@H]1OC(c2ccc(OCCCO)cc2)=N[C@]1(Cc1ccccc1Br)C(=O)NNCc1cccc(F)c1. The van der Waals surface area contributed by atoms with Gasteiger partial charge in [-0.2, -0.15) is 0 Å². The highest BCUT2D eigenvalue weighted by Crippen LogP contribution is 2.46. The third kappa shape index (κ3) is 7.50. The first-order chi connectivity index (χ1) is 21.9. The zero-order chi connectivity index (χ0) is 31.6. The molecule has 4 aromatic rings. The van der Waals surface area contributed by atoms with Crippen LogP contribution in [0, 0.1) is 5.82 Å². The number of hydrazine groups is 1. The topological polar surface area (TPSA) is 141 Å². The van der Waals surface area contributed by atoms with Gasteiger partial charge in [0.15, 0.2) is 11.6 Å². The fourth-order valence-electron chi connectivity index (χ4n) is 5.02. The molecule has 0 saturated heterocycles. The van der Waals surface area contributed by atoms with Crippen LogP contribution in [-0.4, -0.2) is 35.7 Å². The number of carbonyl (C=O) groups is 1. The molecule has 0 unspecified atom stereocenters. The summed E-state index contributed by atoms with van der Waals surface area (Å²) in [7, 11) is 0. The van der Waals surface area contributed by atoms with E-state index in [0.29, 0.717) is 41.2 Å². The molecule has 0 aromatic heterocycles. The Hall–Kier alpha value is -4.74. The first kappa shape index (κ1) is 31.7. The van der Waals surface area contributed by atoms with Gasteiger partial charge in [-0.15, -0.1) is 0 Å². The number of aliphatic hydroxyl groups excluding tert-OH is 1. The molecule has 1 aliphatic rings. The van der Waals surface area contributed by atoms with Gasteiger partial charge in [-0.05, 0) is 59.1 Å². The molecule has 1 heterocycles. The van der Waals surface area contributed by atoms with Gasteiger partial charge in [0.2, 0.25) is 5.90 Å². The van der Waals surface area contributed by atoms with Gasteiger partial charge in [-0.1, -0.05) is 75.6 Å². The number of benzene rings is 4. The van der Waals surface area contributed by atoms with Crippen molar-refractivity contribution in [1.29, 1.82) is 0 Å². The number of halogens is 2. The molecule has 45 heavy (non-hydrogen) atoms. The minimum atomic E-state index is -1.58. The van der Waals surface area contributed by atoms with Crippen molar-refractivity contribution in [3.05, 3.63) is 140 Å². The summed E-state index contributed by atoms with van der Waals surface area (Å²) in [6.45, 7) is 0.549. The minimum absolute atomic E-state index is 0.0280. The number of hydrogen-bond donors (Lipinski definition) is 3. The fourth-order valence-corrected chi connectivity index (χ4v) is 5.45. The quantitative estimate of drug-likeness (QED) is 0.0482. The highest BCUT2D eigenvalue weighted by Gasteiger charge is 2.54. The molecule has 0 spiro atoms. The van der Waals surface area contributed by atoms with E-state index < -0.39 is 17.6 Å². The Bertz CT molecular complexity index is 1730. The van der Waals surface area contributed by atoms with Crippen LogP contribution in [0.4, 0.5) is 10.1 Å². The second-order valence-electron chi connectivity index (χ2n) is 10.2. The normalized spacial score (nSPS) is 17.1. The van der Waals surface area contributed by atoms with Crippen molar-refractivity contribution < 1.29 is 23.8 Å². The average Bonchev–Trinajstić information content (AvgIpc) is 3.43. The van der Waals surface area contributed by atoms with Crippen LogP contribution in [0.5, 0.6) is 5.75 Å². The van der Waals surface area contributed by atoms with Crippen molar-refractivity contribution in [2.24, 2.45) is 10.1 Å². The van der Waals surface area contributed by atoms with Crippen LogP contribution in [0.1, 0.15) is 34.8 Å². The molecule has 1 amide bonds. The van der Waals surface area contributed by atoms with Crippen LogP contribution in [0.25, 0.3) is 10.4 Å². The molecule has 3 N–H and O–H groups in total. The van der Waals surface area contributed by atoms with Crippen molar-refractivity contribution >= 4 is 33.4 Å². The van der Waals surface area contributed by atoms with Gasteiger partial charge in [-0.3, -0.25) is 10.2 Å². The van der Waals surface area contributed by atoms with Crippen molar-refractivity contribution in [1.82, 2.24) is 10.9 Å². The van der Waals surface area contributed by atoms with Crippen LogP contribution >= 0.6 is 15.9 Å². The second kappa shape index (κ2) is 14.8. The highest BCUT2D eigenvalue weighted by molar-refractivity contribution is 9.10. The Kier molecular flexibility index (Phi) is 10.4. The summed E-state index contributed by atoms with van der Waals surface area (Å²) in [4.78, 5) is 22.3. The Balaban J connectivity index is 1.57. The summed E-state index contributed by atoms with van der Waals surface area (Å²) in [5.41, 5.74) is 16.2. The summed E-state index contributed by atoms with van der Waals surface area (Å²) in [5.74, 6) is -0.0712. The number of nitrogens with zero attached hydrogens (tertiary/aromatic N) is 4. The molecule has 0 aliphatic carbocycles. The number of nitrogens with one attached hydrogen (secondary N) is 2. The summed E-state index contributed by atoms with van der Waals surface area (Å²) in [5, 5.41) is 12.9.